The quantitative estimate of drug-likeness (QED) is 0.779. The van der Waals surface area contributed by atoms with E-state index in [0.717, 1.165) is 5.56 Å². The van der Waals surface area contributed by atoms with E-state index in [-0.39, 0.29) is 16.5 Å². The summed E-state index contributed by atoms with van der Waals surface area (Å²) in [6.07, 6.45) is 0. The Labute approximate surface area is 97.0 Å². The summed E-state index contributed by atoms with van der Waals surface area (Å²) in [5, 5.41) is -0.336. The van der Waals surface area contributed by atoms with Crippen LogP contribution in [0.25, 0.3) is 0 Å². The summed E-state index contributed by atoms with van der Waals surface area (Å²) in [5.41, 5.74) is 0.738. The van der Waals surface area contributed by atoms with Gasteiger partial charge < -0.3 is 0 Å². The van der Waals surface area contributed by atoms with Crippen LogP contribution in [0.2, 0.25) is 0 Å². The van der Waals surface area contributed by atoms with E-state index >= 15 is 0 Å². The highest BCUT2D eigenvalue weighted by Gasteiger charge is 2.58. The van der Waals surface area contributed by atoms with Crippen molar-refractivity contribution in [1.82, 2.24) is 4.90 Å². The molecule has 0 radical (unpaired) electrons. The van der Waals surface area contributed by atoms with Crippen molar-refractivity contribution < 1.29 is 8.42 Å². The lowest BCUT2D eigenvalue weighted by atomic mass is 9.86. The molecule has 0 saturated carbocycles. The number of sulfone groups is 1. The Hall–Kier alpha value is -0.870. The van der Waals surface area contributed by atoms with E-state index in [1.807, 2.05) is 49.3 Å². The minimum absolute atomic E-state index is 0.220. The fourth-order valence-corrected chi connectivity index (χ4v) is 4.81. The van der Waals surface area contributed by atoms with E-state index in [2.05, 4.69) is 0 Å². The summed E-state index contributed by atoms with van der Waals surface area (Å²) >= 11 is 0. The van der Waals surface area contributed by atoms with Gasteiger partial charge in [-0.3, -0.25) is 4.90 Å². The molecule has 1 aliphatic heterocycles. The van der Waals surface area contributed by atoms with Crippen LogP contribution in [0.1, 0.15) is 12.5 Å². The number of hydrogen-bond acceptors (Lipinski definition) is 3. The zero-order chi connectivity index (χ0) is 12.0. The lowest BCUT2D eigenvalue weighted by molar-refractivity contribution is 0.151. The van der Waals surface area contributed by atoms with Gasteiger partial charge in [0.05, 0.1) is 16.5 Å². The molecule has 2 rings (SSSR count). The second-order valence-corrected chi connectivity index (χ2v) is 6.96. The highest BCUT2D eigenvalue weighted by atomic mass is 32.2. The van der Waals surface area contributed by atoms with Crippen molar-refractivity contribution in [2.75, 3.05) is 19.8 Å². The molecule has 0 spiro atoms. The molecule has 2 atom stereocenters. The van der Waals surface area contributed by atoms with Crippen LogP contribution >= 0.6 is 0 Å². The van der Waals surface area contributed by atoms with E-state index in [1.165, 1.54) is 0 Å². The van der Waals surface area contributed by atoms with Crippen LogP contribution in [0.5, 0.6) is 0 Å². The average Bonchev–Trinajstić information content (AvgIpc) is 2.26. The van der Waals surface area contributed by atoms with Crippen molar-refractivity contribution in [1.29, 1.82) is 0 Å². The zero-order valence-corrected chi connectivity index (χ0v) is 10.7. The standard InChI is InChI=1S/C12H17NO2S/c1-10-12(13(2)3,9-16(10,14)15)11-7-5-4-6-8-11/h4-8,10H,9H2,1-3H3/t10-,12-/m0/s1. The molecule has 88 valence electrons. The third-order valence-corrected chi connectivity index (χ3v) is 6.01. The normalized spacial score (nSPS) is 32.4. The minimum atomic E-state index is -2.90. The number of benzene rings is 1. The summed E-state index contributed by atoms with van der Waals surface area (Å²) in [6.45, 7) is 1.80. The fraction of sp³-hybridized carbons (Fsp3) is 0.500. The van der Waals surface area contributed by atoms with Crippen LogP contribution < -0.4 is 0 Å². The summed E-state index contributed by atoms with van der Waals surface area (Å²) in [5.74, 6) is 0.220. The zero-order valence-electron chi connectivity index (χ0n) is 9.84. The average molecular weight is 239 g/mol. The molecule has 1 saturated heterocycles. The van der Waals surface area contributed by atoms with E-state index in [1.54, 1.807) is 6.92 Å². The summed E-state index contributed by atoms with van der Waals surface area (Å²) < 4.78 is 23.4. The molecule has 1 heterocycles. The first-order chi connectivity index (χ1) is 7.41. The van der Waals surface area contributed by atoms with Gasteiger partial charge in [0.15, 0.2) is 9.84 Å². The maximum absolute atomic E-state index is 11.7. The van der Waals surface area contributed by atoms with Gasteiger partial charge in [0, 0.05) is 0 Å². The lowest BCUT2D eigenvalue weighted by Crippen LogP contribution is -2.66. The summed E-state index contributed by atoms with van der Waals surface area (Å²) in [4.78, 5) is 2.02. The Morgan fingerprint density at radius 2 is 1.81 bits per heavy atom. The number of nitrogens with zero attached hydrogens (tertiary/aromatic N) is 1. The molecule has 1 aromatic rings. The first-order valence-corrected chi connectivity index (χ1v) is 7.07. The van der Waals surface area contributed by atoms with Gasteiger partial charge in [0.1, 0.15) is 0 Å². The molecule has 1 fully saturated rings. The predicted molar refractivity (Wildman–Crippen MR) is 65.1 cm³/mol. The van der Waals surface area contributed by atoms with Gasteiger partial charge in [-0.25, -0.2) is 8.42 Å². The molecule has 0 aromatic heterocycles. The molecule has 0 N–H and O–H groups in total. The first kappa shape index (κ1) is 11.6. The van der Waals surface area contributed by atoms with Crippen LogP contribution in [0.4, 0.5) is 0 Å². The van der Waals surface area contributed by atoms with Gasteiger partial charge in [-0.05, 0) is 26.6 Å². The molecule has 0 unspecified atom stereocenters. The third kappa shape index (κ3) is 1.40. The van der Waals surface area contributed by atoms with Crippen LogP contribution in [0, 0.1) is 0 Å². The van der Waals surface area contributed by atoms with Crippen molar-refractivity contribution in [3.05, 3.63) is 35.9 Å². The Bertz CT molecular complexity index is 481. The van der Waals surface area contributed by atoms with E-state index in [4.69, 9.17) is 0 Å². The van der Waals surface area contributed by atoms with Gasteiger partial charge in [-0.2, -0.15) is 0 Å². The van der Waals surface area contributed by atoms with Crippen LogP contribution in [0.15, 0.2) is 30.3 Å². The Morgan fingerprint density at radius 1 is 1.25 bits per heavy atom. The molecule has 1 aliphatic rings. The van der Waals surface area contributed by atoms with Crippen molar-refractivity contribution in [3.8, 4) is 0 Å². The molecule has 16 heavy (non-hydrogen) atoms. The highest BCUT2D eigenvalue weighted by molar-refractivity contribution is 7.93. The van der Waals surface area contributed by atoms with E-state index < -0.39 is 9.84 Å². The van der Waals surface area contributed by atoms with Crippen molar-refractivity contribution >= 4 is 9.84 Å². The highest BCUT2D eigenvalue weighted by Crippen LogP contribution is 2.44. The largest absolute Gasteiger partial charge is 0.298 e. The molecule has 4 heteroatoms. The predicted octanol–water partition coefficient (Wildman–Crippen LogP) is 1.26. The molecule has 3 nitrogen and oxygen atoms in total. The number of rotatable bonds is 2. The van der Waals surface area contributed by atoms with Gasteiger partial charge in [-0.15, -0.1) is 0 Å². The number of hydrogen-bond donors (Lipinski definition) is 0. The Morgan fingerprint density at radius 3 is 2.19 bits per heavy atom. The van der Waals surface area contributed by atoms with Gasteiger partial charge >= 0.3 is 0 Å². The smallest absolute Gasteiger partial charge is 0.157 e. The van der Waals surface area contributed by atoms with Gasteiger partial charge in [-0.1, -0.05) is 30.3 Å². The summed E-state index contributed by atoms with van der Waals surface area (Å²) in [6, 6.07) is 9.87. The SMILES string of the molecule is C[C@H]1[C@@](c2ccccc2)(N(C)C)CS1(=O)=O. The van der Waals surface area contributed by atoms with Crippen LogP contribution in [-0.4, -0.2) is 38.4 Å². The monoisotopic (exact) mass is 239 g/mol. The second-order valence-electron chi connectivity index (χ2n) is 4.63. The molecule has 0 aliphatic carbocycles. The van der Waals surface area contributed by atoms with Crippen molar-refractivity contribution in [2.45, 2.75) is 17.7 Å². The van der Waals surface area contributed by atoms with Crippen molar-refractivity contribution in [3.63, 3.8) is 0 Å². The van der Waals surface area contributed by atoms with Crippen LogP contribution in [-0.2, 0) is 15.4 Å². The van der Waals surface area contributed by atoms with E-state index in [9.17, 15) is 8.42 Å². The maximum Gasteiger partial charge on any atom is 0.157 e. The maximum atomic E-state index is 11.7. The first-order valence-electron chi connectivity index (χ1n) is 5.36. The molecular weight excluding hydrogens is 222 g/mol. The van der Waals surface area contributed by atoms with Crippen LogP contribution in [0.3, 0.4) is 0 Å². The molecule has 1 aromatic carbocycles. The molecular formula is C12H17NO2S. The Balaban J connectivity index is 2.49. The van der Waals surface area contributed by atoms with Crippen molar-refractivity contribution in [2.24, 2.45) is 0 Å². The minimum Gasteiger partial charge on any atom is -0.298 e. The lowest BCUT2D eigenvalue weighted by Gasteiger charge is -2.51. The Kier molecular flexibility index (Phi) is 2.59. The van der Waals surface area contributed by atoms with E-state index in [0.29, 0.717) is 0 Å². The van der Waals surface area contributed by atoms with Gasteiger partial charge in [0.2, 0.25) is 0 Å². The molecule has 0 amide bonds. The summed E-state index contributed by atoms with van der Waals surface area (Å²) in [7, 11) is 0.983. The second kappa shape index (κ2) is 3.57. The fourth-order valence-electron chi connectivity index (χ4n) is 2.54. The topological polar surface area (TPSA) is 37.4 Å². The molecule has 0 bridgehead atoms. The third-order valence-electron chi connectivity index (χ3n) is 3.70. The van der Waals surface area contributed by atoms with Gasteiger partial charge in [0.25, 0.3) is 0 Å².